The van der Waals surface area contributed by atoms with Gasteiger partial charge in [0.05, 0.1) is 13.0 Å². The number of hydrogen-bond acceptors (Lipinski definition) is 3. The minimum Gasteiger partial charge on any atom is -0.497 e. The molecule has 2 N–H and O–H groups in total. The quantitative estimate of drug-likeness (QED) is 0.877. The first-order valence-electron chi connectivity index (χ1n) is 8.22. The molecule has 4 heteroatoms. The molecule has 0 radical (unpaired) electrons. The zero-order valence-corrected chi connectivity index (χ0v) is 14.8. The molecule has 0 spiro atoms. The van der Waals surface area contributed by atoms with Crippen molar-refractivity contribution in [1.29, 1.82) is 0 Å². The van der Waals surface area contributed by atoms with Crippen LogP contribution >= 0.6 is 0 Å². The van der Waals surface area contributed by atoms with E-state index in [1.807, 2.05) is 37.3 Å². The first-order valence-corrected chi connectivity index (χ1v) is 8.22. The Kier molecular flexibility index (Phi) is 5.85. The molecule has 0 saturated carbocycles. The minimum absolute atomic E-state index is 0.0539. The van der Waals surface area contributed by atoms with Crippen molar-refractivity contribution in [3.8, 4) is 5.75 Å². The summed E-state index contributed by atoms with van der Waals surface area (Å²) in [4.78, 5) is 14.5. The number of hydrogen-bond donors (Lipinski definition) is 1. The van der Waals surface area contributed by atoms with Crippen molar-refractivity contribution in [2.75, 3.05) is 13.7 Å². The summed E-state index contributed by atoms with van der Waals surface area (Å²) >= 11 is 0. The highest BCUT2D eigenvalue weighted by Crippen LogP contribution is 2.26. The second kappa shape index (κ2) is 7.86. The van der Waals surface area contributed by atoms with E-state index < -0.39 is 0 Å². The maximum atomic E-state index is 12.8. The number of nitrogens with zero attached hydrogens (tertiary/aromatic N) is 1. The number of carbonyl (C=O) groups is 1. The summed E-state index contributed by atoms with van der Waals surface area (Å²) in [6.07, 6.45) is 3.07. The summed E-state index contributed by atoms with van der Waals surface area (Å²) in [7, 11) is 1.66. The second-order valence-electron chi connectivity index (χ2n) is 6.42. The van der Waals surface area contributed by atoms with Gasteiger partial charge in [0.25, 0.3) is 0 Å². The highest BCUT2D eigenvalue weighted by Gasteiger charge is 2.21. The summed E-state index contributed by atoms with van der Waals surface area (Å²) in [6.45, 7) is 6.75. The largest absolute Gasteiger partial charge is 0.497 e. The lowest BCUT2D eigenvalue weighted by Crippen LogP contribution is -2.33. The number of ether oxygens (including phenoxy) is 1. The van der Waals surface area contributed by atoms with Gasteiger partial charge in [0, 0.05) is 18.9 Å². The Morgan fingerprint density at radius 3 is 2.46 bits per heavy atom. The molecule has 0 aliphatic rings. The van der Waals surface area contributed by atoms with Gasteiger partial charge in [-0.2, -0.15) is 0 Å². The predicted molar refractivity (Wildman–Crippen MR) is 98.8 cm³/mol. The molecular formula is C20H26N2O2. The first-order chi connectivity index (χ1) is 11.5. The molecule has 0 bridgehead atoms. The monoisotopic (exact) mass is 326 g/mol. The Bertz CT molecular complexity index is 737. The van der Waals surface area contributed by atoms with Gasteiger partial charge in [0.15, 0.2) is 0 Å². The number of fused-ring (bicyclic) bond motifs is 1. The third-order valence-corrected chi connectivity index (χ3v) is 4.05. The third-order valence-electron chi connectivity index (χ3n) is 4.05. The van der Waals surface area contributed by atoms with Gasteiger partial charge in [-0.3, -0.25) is 4.79 Å². The second-order valence-corrected chi connectivity index (χ2v) is 6.42. The molecule has 128 valence electrons. The van der Waals surface area contributed by atoms with Crippen LogP contribution in [0.3, 0.4) is 0 Å². The molecule has 2 aromatic rings. The molecule has 4 nitrogen and oxygen atoms in total. The first kappa shape index (κ1) is 17.9. The highest BCUT2D eigenvalue weighted by molar-refractivity contribution is 5.88. The molecule has 24 heavy (non-hydrogen) atoms. The van der Waals surface area contributed by atoms with Gasteiger partial charge >= 0.3 is 0 Å². The molecule has 1 atom stereocenters. The molecular weight excluding hydrogens is 300 g/mol. The number of rotatable bonds is 6. The predicted octanol–water partition coefficient (Wildman–Crippen LogP) is 3.87. The minimum atomic E-state index is -0.230. The van der Waals surface area contributed by atoms with Crippen LogP contribution in [0.5, 0.6) is 5.75 Å². The van der Waals surface area contributed by atoms with E-state index in [0.29, 0.717) is 12.5 Å². The Labute approximate surface area is 143 Å². The van der Waals surface area contributed by atoms with Crippen molar-refractivity contribution in [2.24, 2.45) is 11.7 Å². The lowest BCUT2D eigenvalue weighted by atomic mass is 9.96. The van der Waals surface area contributed by atoms with E-state index in [1.54, 1.807) is 18.2 Å². The summed E-state index contributed by atoms with van der Waals surface area (Å²) in [6, 6.07) is 12.0. The van der Waals surface area contributed by atoms with Gasteiger partial charge in [-0.05, 0) is 41.3 Å². The summed E-state index contributed by atoms with van der Waals surface area (Å²) in [5.41, 5.74) is 6.49. The highest BCUT2D eigenvalue weighted by atomic mass is 16.5. The number of amides is 1. The van der Waals surface area contributed by atoms with Crippen LogP contribution in [0.25, 0.3) is 10.8 Å². The lowest BCUT2D eigenvalue weighted by Gasteiger charge is -2.24. The zero-order valence-electron chi connectivity index (χ0n) is 14.8. The Balaban J connectivity index is 2.28. The molecule has 0 heterocycles. The molecule has 0 saturated heterocycles. The third kappa shape index (κ3) is 4.07. The van der Waals surface area contributed by atoms with Gasteiger partial charge in [-0.25, -0.2) is 0 Å². The van der Waals surface area contributed by atoms with Crippen LogP contribution in [0.1, 0.15) is 32.3 Å². The van der Waals surface area contributed by atoms with Crippen LogP contribution in [-0.4, -0.2) is 24.5 Å². The summed E-state index contributed by atoms with van der Waals surface area (Å²) < 4.78 is 5.25. The fourth-order valence-corrected chi connectivity index (χ4v) is 2.75. The smallest absolute Gasteiger partial charge is 0.233 e. The van der Waals surface area contributed by atoms with Gasteiger partial charge < -0.3 is 15.4 Å². The van der Waals surface area contributed by atoms with Gasteiger partial charge in [0.1, 0.15) is 5.75 Å². The lowest BCUT2D eigenvalue weighted by molar-refractivity contribution is -0.130. The Morgan fingerprint density at radius 1 is 1.17 bits per heavy atom. The summed E-state index contributed by atoms with van der Waals surface area (Å²) in [5.74, 6) is 1.03. The molecule has 1 amide bonds. The standard InChI is InChI=1S/C20H26N2O2/c1-14(2)13-22(10-9-21)20(23)15(3)16-5-6-18-12-19(24-4)8-7-17(18)11-16/h5-12,14-15H,13,21H2,1-4H3/b10-9-/t15-/m0/s1. The van der Waals surface area contributed by atoms with E-state index in [9.17, 15) is 4.79 Å². The van der Waals surface area contributed by atoms with E-state index in [2.05, 4.69) is 19.9 Å². The Hall–Kier alpha value is -2.49. The fourth-order valence-electron chi connectivity index (χ4n) is 2.75. The van der Waals surface area contributed by atoms with Crippen LogP contribution in [0, 0.1) is 5.92 Å². The SMILES string of the molecule is COc1ccc2cc([C@H](C)C(=O)N(/C=C\N)CC(C)C)ccc2c1. The maximum Gasteiger partial charge on any atom is 0.233 e. The molecule has 0 unspecified atom stereocenters. The van der Waals surface area contributed by atoms with Crippen molar-refractivity contribution in [1.82, 2.24) is 4.90 Å². The molecule has 0 aliphatic carbocycles. The van der Waals surface area contributed by atoms with E-state index in [0.717, 1.165) is 22.1 Å². The number of methoxy groups -OCH3 is 1. The van der Waals surface area contributed by atoms with Crippen molar-refractivity contribution < 1.29 is 9.53 Å². The fraction of sp³-hybridized carbons (Fsp3) is 0.350. The molecule has 2 rings (SSSR count). The van der Waals surface area contributed by atoms with Crippen LogP contribution in [0.4, 0.5) is 0 Å². The van der Waals surface area contributed by atoms with Crippen LogP contribution < -0.4 is 10.5 Å². The van der Waals surface area contributed by atoms with Crippen molar-refractivity contribution in [2.45, 2.75) is 26.7 Å². The zero-order chi connectivity index (χ0) is 17.7. The normalized spacial score (nSPS) is 12.7. The average Bonchev–Trinajstić information content (AvgIpc) is 2.58. The van der Waals surface area contributed by atoms with Gasteiger partial charge in [-0.1, -0.05) is 38.1 Å². The topological polar surface area (TPSA) is 55.6 Å². The molecule has 0 fully saturated rings. The van der Waals surface area contributed by atoms with E-state index in [1.165, 1.54) is 6.20 Å². The average molecular weight is 326 g/mol. The number of carbonyl (C=O) groups excluding carboxylic acids is 1. The van der Waals surface area contributed by atoms with E-state index in [-0.39, 0.29) is 11.8 Å². The van der Waals surface area contributed by atoms with Crippen LogP contribution in [-0.2, 0) is 4.79 Å². The molecule has 0 aromatic heterocycles. The van der Waals surface area contributed by atoms with E-state index in [4.69, 9.17) is 10.5 Å². The molecule has 0 aliphatic heterocycles. The number of benzene rings is 2. The van der Waals surface area contributed by atoms with Crippen molar-refractivity contribution >= 4 is 16.7 Å². The van der Waals surface area contributed by atoms with E-state index >= 15 is 0 Å². The number of nitrogens with two attached hydrogens (primary N) is 1. The Morgan fingerprint density at radius 2 is 1.83 bits per heavy atom. The molecule has 2 aromatic carbocycles. The summed E-state index contributed by atoms with van der Waals surface area (Å²) in [5, 5.41) is 2.19. The maximum absolute atomic E-state index is 12.8. The van der Waals surface area contributed by atoms with Crippen LogP contribution in [0.2, 0.25) is 0 Å². The van der Waals surface area contributed by atoms with Gasteiger partial charge in [0.2, 0.25) is 5.91 Å². The van der Waals surface area contributed by atoms with Gasteiger partial charge in [-0.15, -0.1) is 0 Å². The van der Waals surface area contributed by atoms with Crippen LogP contribution in [0.15, 0.2) is 48.8 Å². The van der Waals surface area contributed by atoms with Crippen molar-refractivity contribution in [3.63, 3.8) is 0 Å². The van der Waals surface area contributed by atoms with Crippen molar-refractivity contribution in [3.05, 3.63) is 54.4 Å².